The molecule has 1 heterocycles. The first-order chi connectivity index (χ1) is 16.0. The third-order valence-electron chi connectivity index (χ3n) is 5.90. The van der Waals surface area contributed by atoms with Gasteiger partial charge >= 0.3 is 12.1 Å². The molecule has 8 nitrogen and oxygen atoms in total. The van der Waals surface area contributed by atoms with Crippen molar-refractivity contribution in [2.75, 3.05) is 26.3 Å². The zero-order chi connectivity index (χ0) is 23.4. The number of alkyl carbamates (subject to hydrolysis) is 1. The molecular formula is C25H24N2O6. The maximum atomic E-state index is 12.8. The lowest BCUT2D eigenvalue weighted by Gasteiger charge is -2.25. The van der Waals surface area contributed by atoms with Gasteiger partial charge in [-0.2, -0.15) is 0 Å². The Morgan fingerprint density at radius 2 is 1.76 bits per heavy atom. The third-order valence-corrected chi connectivity index (χ3v) is 5.90. The second-order valence-electron chi connectivity index (χ2n) is 7.95. The van der Waals surface area contributed by atoms with Crippen LogP contribution in [0.2, 0.25) is 0 Å². The van der Waals surface area contributed by atoms with Crippen molar-refractivity contribution < 1.29 is 29.0 Å². The number of hydrogen-bond donors (Lipinski definition) is 2. The zero-order valence-corrected chi connectivity index (χ0v) is 17.9. The highest BCUT2D eigenvalue weighted by atomic mass is 16.6. The minimum atomic E-state index is -1.18. The molecule has 2 amide bonds. The van der Waals surface area contributed by atoms with Crippen LogP contribution >= 0.6 is 0 Å². The highest BCUT2D eigenvalue weighted by molar-refractivity contribution is 5.86. The molecule has 0 aromatic heterocycles. The SMILES string of the molecule is C#CCN(CC(=O)O)C(=O)[C@H]1OCC[C@H]1NC(=O)OCC1c2ccccc2-c2ccccc21. The van der Waals surface area contributed by atoms with Gasteiger partial charge in [0.1, 0.15) is 13.2 Å². The number of carboxylic acids is 1. The number of rotatable bonds is 7. The van der Waals surface area contributed by atoms with Crippen molar-refractivity contribution in [3.8, 4) is 23.5 Å². The van der Waals surface area contributed by atoms with Crippen molar-refractivity contribution in [1.82, 2.24) is 10.2 Å². The van der Waals surface area contributed by atoms with Gasteiger partial charge in [-0.15, -0.1) is 6.42 Å². The van der Waals surface area contributed by atoms with E-state index in [9.17, 15) is 14.4 Å². The molecular weight excluding hydrogens is 424 g/mol. The number of hydrogen-bond acceptors (Lipinski definition) is 5. The summed E-state index contributed by atoms with van der Waals surface area (Å²) in [5.41, 5.74) is 4.46. The van der Waals surface area contributed by atoms with Gasteiger partial charge in [-0.3, -0.25) is 9.59 Å². The first-order valence-electron chi connectivity index (χ1n) is 10.7. The van der Waals surface area contributed by atoms with Crippen LogP contribution in [0, 0.1) is 12.3 Å². The van der Waals surface area contributed by atoms with E-state index < -0.39 is 36.7 Å². The normalized spacial score (nSPS) is 18.6. The topological polar surface area (TPSA) is 105 Å². The molecule has 2 atom stereocenters. The van der Waals surface area contributed by atoms with Crippen molar-refractivity contribution >= 4 is 18.0 Å². The molecule has 1 aliphatic carbocycles. The van der Waals surface area contributed by atoms with Crippen LogP contribution in [0.1, 0.15) is 23.5 Å². The number of carbonyl (C=O) groups excluding carboxylic acids is 2. The lowest BCUT2D eigenvalue weighted by molar-refractivity contribution is -0.149. The Balaban J connectivity index is 1.39. The van der Waals surface area contributed by atoms with E-state index >= 15 is 0 Å². The van der Waals surface area contributed by atoms with Gasteiger partial charge < -0.3 is 24.8 Å². The number of carboxylic acid groups (broad SMARTS) is 1. The average Bonchev–Trinajstić information content (AvgIpc) is 3.39. The Kier molecular flexibility index (Phi) is 6.61. The molecule has 4 rings (SSSR count). The monoisotopic (exact) mass is 448 g/mol. The molecule has 2 aromatic rings. The summed E-state index contributed by atoms with van der Waals surface area (Å²) in [5, 5.41) is 11.7. The number of carbonyl (C=O) groups is 3. The van der Waals surface area contributed by atoms with E-state index in [1.807, 2.05) is 36.4 Å². The molecule has 2 N–H and O–H groups in total. The van der Waals surface area contributed by atoms with Crippen LogP contribution in [0.3, 0.4) is 0 Å². The molecule has 1 saturated heterocycles. The van der Waals surface area contributed by atoms with Crippen LogP contribution in [0.5, 0.6) is 0 Å². The number of fused-ring (bicyclic) bond motifs is 3. The molecule has 170 valence electrons. The van der Waals surface area contributed by atoms with Crippen LogP contribution in [0.4, 0.5) is 4.79 Å². The number of nitrogens with one attached hydrogen (secondary N) is 1. The maximum Gasteiger partial charge on any atom is 0.407 e. The Morgan fingerprint density at radius 1 is 1.12 bits per heavy atom. The maximum absolute atomic E-state index is 12.8. The van der Waals surface area contributed by atoms with Crippen LogP contribution in [-0.4, -0.2) is 66.4 Å². The molecule has 33 heavy (non-hydrogen) atoms. The molecule has 1 fully saturated rings. The largest absolute Gasteiger partial charge is 0.480 e. The van der Waals surface area contributed by atoms with Gasteiger partial charge in [0, 0.05) is 12.5 Å². The second kappa shape index (κ2) is 9.76. The Hall–Kier alpha value is -3.83. The lowest BCUT2D eigenvalue weighted by Crippen LogP contribution is -2.51. The molecule has 1 aliphatic heterocycles. The number of nitrogens with zero attached hydrogens (tertiary/aromatic N) is 1. The molecule has 0 bridgehead atoms. The van der Waals surface area contributed by atoms with E-state index in [0.29, 0.717) is 6.42 Å². The Labute approximate surface area is 191 Å². The van der Waals surface area contributed by atoms with Gasteiger partial charge in [-0.25, -0.2) is 4.79 Å². The highest BCUT2D eigenvalue weighted by Gasteiger charge is 2.38. The van der Waals surface area contributed by atoms with Crippen molar-refractivity contribution in [2.45, 2.75) is 24.5 Å². The van der Waals surface area contributed by atoms with E-state index in [4.69, 9.17) is 21.0 Å². The van der Waals surface area contributed by atoms with Gasteiger partial charge in [0.2, 0.25) is 0 Å². The van der Waals surface area contributed by atoms with Gasteiger partial charge in [-0.05, 0) is 28.7 Å². The summed E-state index contributed by atoms with van der Waals surface area (Å²) in [7, 11) is 0. The Bertz CT molecular complexity index is 1060. The fourth-order valence-corrected chi connectivity index (χ4v) is 4.44. The van der Waals surface area contributed by atoms with E-state index in [1.54, 1.807) is 0 Å². The summed E-state index contributed by atoms with van der Waals surface area (Å²) in [5.74, 6) is 0.439. The molecule has 0 saturated carbocycles. The van der Waals surface area contributed by atoms with Crippen molar-refractivity contribution in [3.63, 3.8) is 0 Å². The minimum Gasteiger partial charge on any atom is -0.480 e. The molecule has 2 aliphatic rings. The summed E-state index contributed by atoms with van der Waals surface area (Å²) in [6.45, 7) is -0.306. The van der Waals surface area contributed by atoms with Gasteiger partial charge in [0.15, 0.2) is 6.10 Å². The Morgan fingerprint density at radius 3 is 2.36 bits per heavy atom. The van der Waals surface area contributed by atoms with E-state index in [1.165, 1.54) is 0 Å². The number of benzene rings is 2. The summed E-state index contributed by atoms with van der Waals surface area (Å²) in [4.78, 5) is 37.4. The minimum absolute atomic E-state index is 0.0814. The van der Waals surface area contributed by atoms with Crippen molar-refractivity contribution in [3.05, 3.63) is 59.7 Å². The number of ether oxygens (including phenoxy) is 2. The summed E-state index contributed by atoms with van der Waals surface area (Å²) in [6.07, 6.45) is 3.98. The van der Waals surface area contributed by atoms with Crippen molar-refractivity contribution in [1.29, 1.82) is 0 Å². The molecule has 8 heteroatoms. The zero-order valence-electron chi connectivity index (χ0n) is 17.9. The third kappa shape index (κ3) is 4.69. The predicted molar refractivity (Wildman–Crippen MR) is 119 cm³/mol. The van der Waals surface area contributed by atoms with E-state index in [-0.39, 0.29) is 25.7 Å². The van der Waals surface area contributed by atoms with Crippen LogP contribution in [0.15, 0.2) is 48.5 Å². The van der Waals surface area contributed by atoms with E-state index in [2.05, 4.69) is 23.4 Å². The molecule has 0 spiro atoms. The average molecular weight is 448 g/mol. The fourth-order valence-electron chi connectivity index (χ4n) is 4.44. The molecule has 0 radical (unpaired) electrons. The number of amides is 2. The molecule has 2 aromatic carbocycles. The van der Waals surface area contributed by atoms with Gasteiger partial charge in [0.05, 0.1) is 12.6 Å². The van der Waals surface area contributed by atoms with Crippen molar-refractivity contribution in [2.24, 2.45) is 0 Å². The molecule has 0 unspecified atom stereocenters. The first-order valence-corrected chi connectivity index (χ1v) is 10.7. The summed E-state index contributed by atoms with van der Waals surface area (Å²) >= 11 is 0. The van der Waals surface area contributed by atoms with Crippen LogP contribution in [-0.2, 0) is 19.1 Å². The highest BCUT2D eigenvalue weighted by Crippen LogP contribution is 2.44. The summed E-state index contributed by atoms with van der Waals surface area (Å²) < 4.78 is 11.0. The van der Waals surface area contributed by atoms with E-state index in [0.717, 1.165) is 27.2 Å². The van der Waals surface area contributed by atoms with Crippen LogP contribution in [0.25, 0.3) is 11.1 Å². The number of terminal acetylenes is 1. The van der Waals surface area contributed by atoms with Gasteiger partial charge in [0.25, 0.3) is 5.91 Å². The second-order valence-corrected chi connectivity index (χ2v) is 7.95. The van der Waals surface area contributed by atoms with Crippen LogP contribution < -0.4 is 5.32 Å². The standard InChI is InChI=1S/C25H24N2O6/c1-2-12-27(14-22(28)29)24(30)23-21(11-13-32-23)26-25(31)33-15-20-18-9-5-3-7-16(18)17-8-4-6-10-19(17)20/h1,3-10,20-21,23H,11-15H2,(H,26,31)(H,28,29)/t21-,23+/m1/s1. The lowest BCUT2D eigenvalue weighted by atomic mass is 9.98. The summed E-state index contributed by atoms with van der Waals surface area (Å²) in [6, 6.07) is 15.4. The quantitative estimate of drug-likeness (QED) is 0.630. The predicted octanol–water partition coefficient (Wildman–Crippen LogP) is 2.23. The first kappa shape index (κ1) is 22.4. The van der Waals surface area contributed by atoms with Gasteiger partial charge in [-0.1, -0.05) is 54.5 Å². The number of aliphatic carboxylic acids is 1. The smallest absolute Gasteiger partial charge is 0.407 e. The fraction of sp³-hybridized carbons (Fsp3) is 0.320.